The molecule has 98 valence electrons. The maximum Gasteiger partial charge on any atom is 0.139 e. The lowest BCUT2D eigenvalue weighted by molar-refractivity contribution is 0.00395. The van der Waals surface area contributed by atoms with Gasteiger partial charge in [-0.2, -0.15) is 0 Å². The van der Waals surface area contributed by atoms with Crippen LogP contribution in [0.5, 0.6) is 5.75 Å². The van der Waals surface area contributed by atoms with E-state index in [4.69, 9.17) is 21.1 Å². The van der Waals surface area contributed by atoms with Gasteiger partial charge in [-0.1, -0.05) is 24.1 Å². The zero-order valence-electron chi connectivity index (χ0n) is 10.7. The van der Waals surface area contributed by atoms with Gasteiger partial charge in [-0.25, -0.2) is 0 Å². The maximum atomic E-state index is 6.32. The molecule has 1 aromatic rings. The molecule has 0 aromatic heterocycles. The van der Waals surface area contributed by atoms with Crippen molar-refractivity contribution in [2.75, 3.05) is 6.61 Å². The van der Waals surface area contributed by atoms with Gasteiger partial charge in [-0.3, -0.25) is 0 Å². The van der Waals surface area contributed by atoms with E-state index in [-0.39, 0.29) is 11.7 Å². The molecule has 18 heavy (non-hydrogen) atoms. The van der Waals surface area contributed by atoms with Crippen LogP contribution >= 0.6 is 11.6 Å². The number of aryl methyl sites for hydroxylation is 1. The summed E-state index contributed by atoms with van der Waals surface area (Å²) in [5, 5.41) is 0.700. The first kappa shape index (κ1) is 12.3. The zero-order valence-corrected chi connectivity index (χ0v) is 11.5. The number of rotatable bonds is 3. The van der Waals surface area contributed by atoms with E-state index in [0.29, 0.717) is 5.02 Å². The van der Waals surface area contributed by atoms with Crippen molar-refractivity contribution in [2.24, 2.45) is 0 Å². The summed E-state index contributed by atoms with van der Waals surface area (Å²) in [5.74, 6) is 0.814. The van der Waals surface area contributed by atoms with Gasteiger partial charge in [0, 0.05) is 0 Å². The van der Waals surface area contributed by atoms with Crippen LogP contribution in [0, 0.1) is 6.92 Å². The molecular weight excluding hydrogens is 248 g/mol. The quantitative estimate of drug-likeness (QED) is 0.768. The Morgan fingerprint density at radius 3 is 2.67 bits per heavy atom. The van der Waals surface area contributed by atoms with E-state index in [1.807, 2.05) is 18.2 Å². The van der Waals surface area contributed by atoms with Gasteiger partial charge in [0.15, 0.2) is 0 Å². The van der Waals surface area contributed by atoms with E-state index in [1.54, 1.807) is 0 Å². The second kappa shape index (κ2) is 4.75. The predicted octanol–water partition coefficient (Wildman–Crippen LogP) is 4.13. The molecule has 3 heteroatoms. The topological polar surface area (TPSA) is 21.8 Å². The minimum absolute atomic E-state index is 0.129. The van der Waals surface area contributed by atoms with Crippen LogP contribution in [0.4, 0.5) is 0 Å². The summed E-state index contributed by atoms with van der Waals surface area (Å²) in [5.41, 5.74) is 1.05. The second-order valence-electron chi connectivity index (χ2n) is 5.48. The van der Waals surface area contributed by atoms with Crippen molar-refractivity contribution in [3.63, 3.8) is 0 Å². The van der Waals surface area contributed by atoms with E-state index in [1.165, 1.54) is 24.8 Å². The molecule has 0 bridgehead atoms. The first-order chi connectivity index (χ1) is 8.70. The van der Waals surface area contributed by atoms with Crippen LogP contribution in [0.3, 0.4) is 0 Å². The highest BCUT2D eigenvalue weighted by Gasteiger charge is 2.49. The lowest BCUT2D eigenvalue weighted by Gasteiger charge is -2.36. The molecule has 2 fully saturated rings. The molecule has 1 aromatic carbocycles. The largest absolute Gasteiger partial charge is 0.483 e. The van der Waals surface area contributed by atoms with Gasteiger partial charge in [0.2, 0.25) is 0 Å². The van der Waals surface area contributed by atoms with Crippen molar-refractivity contribution in [2.45, 2.75) is 50.7 Å². The van der Waals surface area contributed by atoms with Gasteiger partial charge < -0.3 is 9.47 Å². The summed E-state index contributed by atoms with van der Waals surface area (Å²) in [6.07, 6.45) is 6.20. The lowest BCUT2D eigenvalue weighted by Crippen LogP contribution is -2.43. The van der Waals surface area contributed by atoms with Gasteiger partial charge in [0.25, 0.3) is 0 Å². The van der Waals surface area contributed by atoms with Crippen molar-refractivity contribution >= 4 is 11.6 Å². The Morgan fingerprint density at radius 2 is 2.00 bits per heavy atom. The zero-order chi connectivity index (χ0) is 12.6. The highest BCUT2D eigenvalue weighted by Crippen LogP contribution is 2.42. The first-order valence-electron chi connectivity index (χ1n) is 6.76. The summed E-state index contributed by atoms with van der Waals surface area (Å²) in [6.45, 7) is 2.90. The molecule has 0 amide bonds. The SMILES string of the molecule is Cc1ccc(Cl)c(OC2(C3CO3)CCCCC2)c1. The summed E-state index contributed by atoms with van der Waals surface area (Å²) >= 11 is 6.24. The van der Waals surface area contributed by atoms with Crippen LogP contribution in [-0.2, 0) is 4.74 Å². The van der Waals surface area contributed by atoms with Crippen LogP contribution in [0.15, 0.2) is 18.2 Å². The minimum atomic E-state index is -0.129. The Morgan fingerprint density at radius 1 is 1.28 bits per heavy atom. The number of epoxide rings is 1. The van der Waals surface area contributed by atoms with Crippen molar-refractivity contribution < 1.29 is 9.47 Å². The van der Waals surface area contributed by atoms with Crippen LogP contribution < -0.4 is 4.74 Å². The first-order valence-corrected chi connectivity index (χ1v) is 7.14. The molecule has 0 spiro atoms. The fourth-order valence-corrected chi connectivity index (χ4v) is 3.06. The van der Waals surface area contributed by atoms with E-state index >= 15 is 0 Å². The van der Waals surface area contributed by atoms with Crippen LogP contribution in [0.1, 0.15) is 37.7 Å². The Hall–Kier alpha value is -0.730. The molecule has 2 aliphatic rings. The Bertz CT molecular complexity index is 434. The van der Waals surface area contributed by atoms with Crippen LogP contribution in [0.25, 0.3) is 0 Å². The number of benzene rings is 1. The molecule has 0 N–H and O–H groups in total. The number of ether oxygens (including phenoxy) is 2. The lowest BCUT2D eigenvalue weighted by atomic mass is 9.82. The van der Waals surface area contributed by atoms with Gasteiger partial charge in [0.05, 0.1) is 11.6 Å². The van der Waals surface area contributed by atoms with Gasteiger partial charge >= 0.3 is 0 Å². The van der Waals surface area contributed by atoms with Crippen LogP contribution in [0.2, 0.25) is 5.02 Å². The Labute approximate surface area is 113 Å². The standard InChI is InChI=1S/C15H19ClO2/c1-11-5-6-12(16)13(9-11)18-15(14-10-17-14)7-3-2-4-8-15/h5-6,9,14H,2-4,7-8,10H2,1H3. The van der Waals surface area contributed by atoms with E-state index in [0.717, 1.165) is 25.2 Å². The van der Waals surface area contributed by atoms with Crippen LogP contribution in [-0.4, -0.2) is 18.3 Å². The fraction of sp³-hybridized carbons (Fsp3) is 0.600. The van der Waals surface area contributed by atoms with Crippen molar-refractivity contribution in [1.82, 2.24) is 0 Å². The molecule has 1 aliphatic carbocycles. The van der Waals surface area contributed by atoms with Gasteiger partial charge in [0.1, 0.15) is 17.5 Å². The monoisotopic (exact) mass is 266 g/mol. The third-order valence-corrected chi connectivity index (χ3v) is 4.33. The van der Waals surface area contributed by atoms with Gasteiger partial charge in [-0.05, 0) is 50.3 Å². The molecule has 1 saturated carbocycles. The van der Waals surface area contributed by atoms with E-state index in [2.05, 4.69) is 6.92 Å². The summed E-state index contributed by atoms with van der Waals surface area (Å²) in [6, 6.07) is 5.95. The molecule has 1 atom stereocenters. The second-order valence-corrected chi connectivity index (χ2v) is 5.89. The van der Waals surface area contributed by atoms with Crippen molar-refractivity contribution in [1.29, 1.82) is 0 Å². The normalized spacial score (nSPS) is 25.8. The third kappa shape index (κ3) is 2.36. The summed E-state index contributed by atoms with van der Waals surface area (Å²) in [7, 11) is 0. The number of hydrogen-bond acceptors (Lipinski definition) is 2. The number of hydrogen-bond donors (Lipinski definition) is 0. The molecule has 1 unspecified atom stereocenters. The predicted molar refractivity (Wildman–Crippen MR) is 72.4 cm³/mol. The Balaban J connectivity index is 1.85. The highest BCUT2D eigenvalue weighted by molar-refractivity contribution is 6.32. The fourth-order valence-electron chi connectivity index (χ4n) is 2.90. The van der Waals surface area contributed by atoms with E-state index < -0.39 is 0 Å². The smallest absolute Gasteiger partial charge is 0.139 e. The molecule has 2 nitrogen and oxygen atoms in total. The van der Waals surface area contributed by atoms with Crippen molar-refractivity contribution in [3.8, 4) is 5.75 Å². The number of halogens is 1. The molecule has 0 radical (unpaired) electrons. The molecular formula is C15H19ClO2. The average molecular weight is 267 g/mol. The van der Waals surface area contributed by atoms with Gasteiger partial charge in [-0.15, -0.1) is 0 Å². The molecule has 1 heterocycles. The average Bonchev–Trinajstić information content (AvgIpc) is 3.19. The highest BCUT2D eigenvalue weighted by atomic mass is 35.5. The molecule has 1 aliphatic heterocycles. The maximum absolute atomic E-state index is 6.32. The van der Waals surface area contributed by atoms with Crippen molar-refractivity contribution in [3.05, 3.63) is 28.8 Å². The summed E-state index contributed by atoms with van der Waals surface area (Å²) in [4.78, 5) is 0. The molecule has 3 rings (SSSR count). The Kier molecular flexibility index (Phi) is 3.25. The summed E-state index contributed by atoms with van der Waals surface area (Å²) < 4.78 is 11.8. The minimum Gasteiger partial charge on any atom is -0.483 e. The van der Waals surface area contributed by atoms with E-state index in [9.17, 15) is 0 Å². The molecule has 1 saturated heterocycles. The third-order valence-electron chi connectivity index (χ3n) is 4.02.